The first-order chi connectivity index (χ1) is 21.8. The third-order valence-electron chi connectivity index (χ3n) is 9.24. The van der Waals surface area contributed by atoms with Gasteiger partial charge in [-0.3, -0.25) is 9.88 Å². The molecule has 0 spiro atoms. The SMILES string of the molecule is C[C@]1(c2ccc(Cl)cn2)Oc2cccc(N3CCN(Cc4nc5c(Cl)cc(C(=O)O)cc5n4C[C@@H]4CCO4)[C@H]4COC[C@H]43)c2O1. The van der Waals surface area contributed by atoms with Crippen molar-refractivity contribution in [3.63, 3.8) is 0 Å². The molecule has 234 valence electrons. The highest BCUT2D eigenvalue weighted by atomic mass is 35.5. The Hall–Kier alpha value is -3.61. The number of aromatic carboxylic acids is 1. The summed E-state index contributed by atoms with van der Waals surface area (Å²) in [5.41, 5.74) is 3.03. The van der Waals surface area contributed by atoms with Crippen LogP contribution in [0.2, 0.25) is 10.0 Å². The molecule has 1 N–H and O–H groups in total. The highest BCUT2D eigenvalue weighted by molar-refractivity contribution is 6.35. The minimum Gasteiger partial charge on any atom is -0.478 e. The number of nitrogens with zero attached hydrogens (tertiary/aromatic N) is 5. The molecule has 0 amide bonds. The highest BCUT2D eigenvalue weighted by Gasteiger charge is 2.46. The molecule has 6 heterocycles. The second-order valence-electron chi connectivity index (χ2n) is 12.0. The highest BCUT2D eigenvalue weighted by Crippen LogP contribution is 2.50. The first-order valence-electron chi connectivity index (χ1n) is 15.0. The van der Waals surface area contributed by atoms with Gasteiger partial charge in [-0.15, -0.1) is 0 Å². The van der Waals surface area contributed by atoms with Crippen molar-refractivity contribution in [2.24, 2.45) is 0 Å². The number of para-hydroxylation sites is 1. The van der Waals surface area contributed by atoms with Gasteiger partial charge in [0.2, 0.25) is 0 Å². The molecule has 4 atom stereocenters. The third-order valence-corrected chi connectivity index (χ3v) is 9.75. The lowest BCUT2D eigenvalue weighted by Crippen LogP contribution is -2.59. The minimum atomic E-state index is -1.08. The van der Waals surface area contributed by atoms with Crippen molar-refractivity contribution in [2.75, 3.05) is 37.8 Å². The van der Waals surface area contributed by atoms with Crippen LogP contribution in [0.3, 0.4) is 0 Å². The zero-order chi connectivity index (χ0) is 30.9. The van der Waals surface area contributed by atoms with Crippen molar-refractivity contribution >= 4 is 45.9 Å². The molecule has 11 nitrogen and oxygen atoms in total. The van der Waals surface area contributed by atoms with E-state index in [-0.39, 0.29) is 23.8 Å². The molecule has 0 saturated carbocycles. The van der Waals surface area contributed by atoms with Crippen molar-refractivity contribution in [2.45, 2.75) is 50.4 Å². The second-order valence-corrected chi connectivity index (χ2v) is 12.8. The number of anilines is 1. The number of rotatable bonds is 7. The number of hydrogen-bond acceptors (Lipinski definition) is 9. The summed E-state index contributed by atoms with van der Waals surface area (Å²) >= 11 is 12.6. The fraction of sp³-hybridized carbons (Fsp3) is 0.406. The van der Waals surface area contributed by atoms with Gasteiger partial charge in [0.05, 0.1) is 71.3 Å². The van der Waals surface area contributed by atoms with Crippen LogP contribution >= 0.6 is 23.2 Å². The maximum absolute atomic E-state index is 11.8. The molecule has 2 aromatic heterocycles. The molecule has 4 aliphatic rings. The van der Waals surface area contributed by atoms with Gasteiger partial charge in [0, 0.05) is 32.8 Å². The number of carbonyl (C=O) groups is 1. The quantitative estimate of drug-likeness (QED) is 0.294. The van der Waals surface area contributed by atoms with Crippen LogP contribution in [0.5, 0.6) is 11.5 Å². The number of imidazole rings is 1. The van der Waals surface area contributed by atoms with Crippen LogP contribution in [0.4, 0.5) is 5.69 Å². The monoisotopic (exact) mass is 651 g/mol. The van der Waals surface area contributed by atoms with E-state index in [0.29, 0.717) is 64.6 Å². The van der Waals surface area contributed by atoms with Crippen molar-refractivity contribution in [1.82, 2.24) is 19.4 Å². The van der Waals surface area contributed by atoms with Crippen LogP contribution in [-0.2, 0) is 28.4 Å². The first kappa shape index (κ1) is 28.8. The molecule has 45 heavy (non-hydrogen) atoms. The Labute approximate surface area is 269 Å². The number of piperazine rings is 1. The standard InChI is InChI=1S/C32H31Cl2N5O6/c1-32(27-6-5-19(33)13-35-27)44-26-4-2-3-22(30(26)45-32)38-9-8-37(24-16-42-17-25(24)38)15-28-36-29-21(34)11-18(31(40)41)12-23(29)39(28)14-20-7-10-43-20/h2-6,11-13,20,24-25H,7-10,14-17H2,1H3,(H,40,41)/t20-,24-,25+,32-/m0/s1. The third kappa shape index (κ3) is 4.97. The van der Waals surface area contributed by atoms with Crippen LogP contribution in [0, 0.1) is 0 Å². The van der Waals surface area contributed by atoms with Gasteiger partial charge in [0.25, 0.3) is 5.79 Å². The van der Waals surface area contributed by atoms with E-state index in [1.54, 1.807) is 18.3 Å². The van der Waals surface area contributed by atoms with Gasteiger partial charge in [0.15, 0.2) is 11.5 Å². The van der Waals surface area contributed by atoms with Gasteiger partial charge < -0.3 is 33.5 Å². The maximum Gasteiger partial charge on any atom is 0.335 e. The molecular formula is C32H31Cl2N5O6. The molecule has 3 saturated heterocycles. The van der Waals surface area contributed by atoms with Gasteiger partial charge in [-0.05, 0) is 42.8 Å². The van der Waals surface area contributed by atoms with Crippen LogP contribution < -0.4 is 14.4 Å². The number of carboxylic acids is 1. The molecular weight excluding hydrogens is 621 g/mol. The van der Waals surface area contributed by atoms with Crippen LogP contribution in [-0.4, -0.2) is 81.6 Å². The number of hydrogen-bond donors (Lipinski definition) is 1. The molecule has 13 heteroatoms. The Morgan fingerprint density at radius 2 is 1.96 bits per heavy atom. The molecule has 8 rings (SSSR count). The maximum atomic E-state index is 11.8. The van der Waals surface area contributed by atoms with E-state index in [4.69, 9.17) is 47.1 Å². The summed E-state index contributed by atoms with van der Waals surface area (Å²) in [4.78, 5) is 26.0. The molecule has 0 radical (unpaired) electrons. The zero-order valence-electron chi connectivity index (χ0n) is 24.5. The number of aromatic nitrogens is 3. The number of benzene rings is 2. The average Bonchev–Trinajstić information content (AvgIpc) is 3.71. The fourth-order valence-corrected chi connectivity index (χ4v) is 7.19. The van der Waals surface area contributed by atoms with Gasteiger partial charge in [-0.25, -0.2) is 9.78 Å². The van der Waals surface area contributed by atoms with E-state index in [2.05, 4.69) is 25.4 Å². The smallest absolute Gasteiger partial charge is 0.335 e. The van der Waals surface area contributed by atoms with Gasteiger partial charge >= 0.3 is 5.97 Å². The number of pyridine rings is 1. The van der Waals surface area contributed by atoms with E-state index < -0.39 is 11.8 Å². The first-order valence-corrected chi connectivity index (χ1v) is 15.8. The largest absolute Gasteiger partial charge is 0.478 e. The van der Waals surface area contributed by atoms with Crippen LogP contribution in [0.25, 0.3) is 11.0 Å². The van der Waals surface area contributed by atoms with Crippen LogP contribution in [0.1, 0.15) is 35.2 Å². The van der Waals surface area contributed by atoms with E-state index in [1.807, 2.05) is 25.1 Å². The van der Waals surface area contributed by atoms with Gasteiger partial charge in [-0.2, -0.15) is 0 Å². The Bertz CT molecular complexity index is 1800. The minimum absolute atomic E-state index is 0.0592. The van der Waals surface area contributed by atoms with E-state index in [0.717, 1.165) is 37.6 Å². The Kier molecular flexibility index (Phi) is 7.07. The number of fused-ring (bicyclic) bond motifs is 3. The molecule has 4 aromatic rings. The molecule has 4 aliphatic heterocycles. The summed E-state index contributed by atoms with van der Waals surface area (Å²) in [6, 6.07) is 12.8. The van der Waals surface area contributed by atoms with E-state index in [1.165, 1.54) is 6.07 Å². The van der Waals surface area contributed by atoms with Crippen LogP contribution in [0.15, 0.2) is 48.7 Å². The zero-order valence-corrected chi connectivity index (χ0v) is 26.0. The molecule has 3 fully saturated rings. The Morgan fingerprint density at radius 1 is 1.11 bits per heavy atom. The summed E-state index contributed by atoms with van der Waals surface area (Å²) in [6.07, 6.45) is 2.59. The lowest BCUT2D eigenvalue weighted by Gasteiger charge is -2.44. The van der Waals surface area contributed by atoms with Crippen molar-refractivity contribution in [3.05, 3.63) is 75.8 Å². The van der Waals surface area contributed by atoms with Crippen molar-refractivity contribution in [3.8, 4) is 11.5 Å². The molecule has 0 unspecified atom stereocenters. The summed E-state index contributed by atoms with van der Waals surface area (Å²) in [6.45, 7) is 6.37. The summed E-state index contributed by atoms with van der Waals surface area (Å²) in [7, 11) is 0. The summed E-state index contributed by atoms with van der Waals surface area (Å²) in [5.74, 6) is 0.0620. The molecule has 0 aliphatic carbocycles. The predicted octanol–water partition coefficient (Wildman–Crippen LogP) is 4.96. The normalized spacial score (nSPS) is 25.8. The van der Waals surface area contributed by atoms with Gasteiger partial charge in [-0.1, -0.05) is 29.3 Å². The van der Waals surface area contributed by atoms with Crippen molar-refractivity contribution in [1.29, 1.82) is 0 Å². The lowest BCUT2D eigenvalue weighted by molar-refractivity contribution is -0.0716. The topological polar surface area (TPSA) is 111 Å². The Balaban J connectivity index is 1.08. The predicted molar refractivity (Wildman–Crippen MR) is 167 cm³/mol. The number of halogens is 2. The second kappa shape index (κ2) is 11.0. The molecule has 2 aromatic carbocycles. The van der Waals surface area contributed by atoms with Gasteiger partial charge in [0.1, 0.15) is 17.0 Å². The molecule has 0 bridgehead atoms. The lowest BCUT2D eigenvalue weighted by atomic mass is 10.0. The van der Waals surface area contributed by atoms with E-state index in [9.17, 15) is 9.90 Å². The van der Waals surface area contributed by atoms with E-state index >= 15 is 0 Å². The van der Waals surface area contributed by atoms with Crippen molar-refractivity contribution < 1.29 is 28.8 Å². The average molecular weight is 653 g/mol. The number of ether oxygens (including phenoxy) is 4. The summed E-state index contributed by atoms with van der Waals surface area (Å²) in [5, 5.41) is 10.6. The Morgan fingerprint density at radius 3 is 2.71 bits per heavy atom. The number of carboxylic acid groups (broad SMARTS) is 1. The fourth-order valence-electron chi connectivity index (χ4n) is 6.82. The summed E-state index contributed by atoms with van der Waals surface area (Å²) < 4.78 is 26.7.